The average molecular weight is 359 g/mol. The van der Waals surface area contributed by atoms with Gasteiger partial charge in [0.2, 0.25) is 0 Å². The molecule has 0 unspecified atom stereocenters. The highest BCUT2D eigenvalue weighted by molar-refractivity contribution is 9.08. The molecule has 0 aromatic carbocycles. The fourth-order valence-corrected chi connectivity index (χ4v) is 2.11. The van der Waals surface area contributed by atoms with Crippen molar-refractivity contribution in [1.82, 2.24) is 9.97 Å². The molecule has 0 aliphatic carbocycles. The molecule has 2 heterocycles. The molecule has 2 aromatic heterocycles. The Bertz CT molecular complexity index is 737. The van der Waals surface area contributed by atoms with Crippen LogP contribution in [0.4, 0.5) is 5.69 Å². The molecule has 0 fully saturated rings. The maximum Gasteiger partial charge on any atom is 0.255 e. The molecule has 1 N–H and O–H groups in total. The van der Waals surface area contributed by atoms with Crippen molar-refractivity contribution in [3.05, 3.63) is 53.6 Å². The number of nitrogens with zero attached hydrogens (tertiary/aromatic N) is 3. The van der Waals surface area contributed by atoms with E-state index >= 15 is 0 Å². The number of nitrogens with one attached hydrogen (secondary N) is 1. The third-order valence-electron chi connectivity index (χ3n) is 3.15. The zero-order chi connectivity index (χ0) is 16.2. The van der Waals surface area contributed by atoms with E-state index in [1.54, 1.807) is 38.4 Å². The zero-order valence-electron chi connectivity index (χ0n) is 12.3. The van der Waals surface area contributed by atoms with Crippen molar-refractivity contribution in [2.75, 3.05) is 5.32 Å². The van der Waals surface area contributed by atoms with Gasteiger partial charge in [-0.15, -0.1) is 0 Å². The zero-order valence-corrected chi connectivity index (χ0v) is 13.9. The highest BCUT2D eigenvalue weighted by atomic mass is 79.9. The summed E-state index contributed by atoms with van der Waals surface area (Å²) in [5, 5.41) is 12.6. The highest BCUT2D eigenvalue weighted by Gasteiger charge is 2.22. The normalized spacial score (nSPS) is 10.8. The molecular weight excluding hydrogens is 344 g/mol. The number of pyridine rings is 2. The Balaban J connectivity index is 2.23. The smallest absolute Gasteiger partial charge is 0.255 e. The molecule has 0 saturated heterocycles. The first-order valence-electron chi connectivity index (χ1n) is 6.65. The van der Waals surface area contributed by atoms with E-state index < -0.39 is 5.41 Å². The number of nitriles is 1. The van der Waals surface area contributed by atoms with Crippen molar-refractivity contribution in [2.24, 2.45) is 0 Å². The summed E-state index contributed by atoms with van der Waals surface area (Å²) in [5.41, 5.74) is 1.87. The van der Waals surface area contributed by atoms with Gasteiger partial charge >= 0.3 is 0 Å². The van der Waals surface area contributed by atoms with E-state index in [4.69, 9.17) is 5.26 Å². The first-order valence-corrected chi connectivity index (χ1v) is 7.77. The number of hydrogen-bond acceptors (Lipinski definition) is 4. The molecule has 112 valence electrons. The second-order valence-electron chi connectivity index (χ2n) is 5.34. The maximum atomic E-state index is 12.3. The molecule has 5 nitrogen and oxygen atoms in total. The van der Waals surface area contributed by atoms with Gasteiger partial charge in [0.05, 0.1) is 29.1 Å². The topological polar surface area (TPSA) is 78.7 Å². The van der Waals surface area contributed by atoms with Crippen LogP contribution in [0.5, 0.6) is 0 Å². The van der Waals surface area contributed by atoms with Gasteiger partial charge in [0.1, 0.15) is 0 Å². The Morgan fingerprint density at radius 1 is 1.41 bits per heavy atom. The van der Waals surface area contributed by atoms with Crippen LogP contribution in [0.2, 0.25) is 0 Å². The Hall–Kier alpha value is -2.26. The monoisotopic (exact) mass is 358 g/mol. The van der Waals surface area contributed by atoms with Crippen LogP contribution < -0.4 is 5.32 Å². The summed E-state index contributed by atoms with van der Waals surface area (Å²) in [6, 6.07) is 7.29. The molecule has 0 aliphatic rings. The second-order valence-corrected chi connectivity index (χ2v) is 5.90. The number of anilines is 1. The Labute approximate surface area is 137 Å². The molecule has 0 radical (unpaired) electrons. The number of hydrogen-bond donors (Lipinski definition) is 1. The van der Waals surface area contributed by atoms with Crippen LogP contribution in [0.3, 0.4) is 0 Å². The molecule has 0 spiro atoms. The van der Waals surface area contributed by atoms with Gasteiger partial charge < -0.3 is 5.32 Å². The third-order valence-corrected chi connectivity index (χ3v) is 3.80. The van der Waals surface area contributed by atoms with Gasteiger partial charge in [-0.05, 0) is 37.6 Å². The SMILES string of the molecule is CC(C)(C#N)c1cc(C(=O)Nc2cncc(CBr)c2)ccn1. The van der Waals surface area contributed by atoms with Gasteiger partial charge in [0.15, 0.2) is 0 Å². The first-order chi connectivity index (χ1) is 10.5. The number of rotatable bonds is 4. The van der Waals surface area contributed by atoms with Crippen molar-refractivity contribution in [1.29, 1.82) is 5.26 Å². The molecule has 6 heteroatoms. The van der Waals surface area contributed by atoms with Crippen molar-refractivity contribution >= 4 is 27.5 Å². The number of alkyl halides is 1. The summed E-state index contributed by atoms with van der Waals surface area (Å²) in [5.74, 6) is -0.258. The Morgan fingerprint density at radius 2 is 2.18 bits per heavy atom. The van der Waals surface area contributed by atoms with E-state index in [0.29, 0.717) is 22.3 Å². The van der Waals surface area contributed by atoms with E-state index in [0.717, 1.165) is 5.56 Å². The highest BCUT2D eigenvalue weighted by Crippen LogP contribution is 2.21. The minimum absolute atomic E-state index is 0.258. The van der Waals surface area contributed by atoms with Gasteiger partial charge in [-0.25, -0.2) is 0 Å². The van der Waals surface area contributed by atoms with Crippen LogP contribution in [0.1, 0.15) is 35.5 Å². The van der Waals surface area contributed by atoms with Gasteiger partial charge in [-0.2, -0.15) is 5.26 Å². The molecule has 0 bridgehead atoms. The number of carbonyl (C=O) groups excluding carboxylic acids is 1. The van der Waals surface area contributed by atoms with E-state index in [1.807, 2.05) is 6.07 Å². The van der Waals surface area contributed by atoms with Crippen LogP contribution in [0.25, 0.3) is 0 Å². The lowest BCUT2D eigenvalue weighted by molar-refractivity contribution is 0.102. The molecule has 0 aliphatic heterocycles. The van der Waals surface area contributed by atoms with Crippen molar-refractivity contribution in [3.8, 4) is 6.07 Å². The van der Waals surface area contributed by atoms with Gasteiger partial charge in [-0.3, -0.25) is 14.8 Å². The van der Waals surface area contributed by atoms with Crippen LogP contribution >= 0.6 is 15.9 Å². The van der Waals surface area contributed by atoms with Gasteiger partial charge in [0, 0.05) is 23.3 Å². The Kier molecular flexibility index (Phi) is 4.88. The summed E-state index contributed by atoms with van der Waals surface area (Å²) in [6.07, 6.45) is 4.85. The van der Waals surface area contributed by atoms with Gasteiger partial charge in [-0.1, -0.05) is 15.9 Å². The molecule has 22 heavy (non-hydrogen) atoms. The molecule has 2 rings (SSSR count). The van der Waals surface area contributed by atoms with Crippen molar-refractivity contribution in [3.63, 3.8) is 0 Å². The predicted molar refractivity (Wildman–Crippen MR) is 87.7 cm³/mol. The lowest BCUT2D eigenvalue weighted by Gasteiger charge is -2.15. The first kappa shape index (κ1) is 16.1. The van der Waals surface area contributed by atoms with E-state index in [2.05, 4.69) is 37.3 Å². The average Bonchev–Trinajstić information content (AvgIpc) is 2.55. The van der Waals surface area contributed by atoms with Crippen LogP contribution in [-0.2, 0) is 10.7 Å². The quantitative estimate of drug-likeness (QED) is 0.849. The largest absolute Gasteiger partial charge is 0.321 e. The fourth-order valence-electron chi connectivity index (χ4n) is 1.80. The molecule has 0 saturated carbocycles. The maximum absolute atomic E-state index is 12.3. The Morgan fingerprint density at radius 3 is 2.86 bits per heavy atom. The second kappa shape index (κ2) is 6.67. The molecular formula is C16H15BrN4O. The minimum Gasteiger partial charge on any atom is -0.321 e. The van der Waals surface area contributed by atoms with Crippen molar-refractivity contribution < 1.29 is 4.79 Å². The number of carbonyl (C=O) groups is 1. The lowest BCUT2D eigenvalue weighted by Crippen LogP contribution is -2.18. The molecule has 2 aromatic rings. The van der Waals surface area contributed by atoms with Gasteiger partial charge in [0.25, 0.3) is 5.91 Å². The summed E-state index contributed by atoms with van der Waals surface area (Å²) in [4.78, 5) is 20.6. The molecule has 0 atom stereocenters. The number of amides is 1. The standard InChI is InChI=1S/C16H15BrN4O/c1-16(2,10-18)14-6-12(3-4-20-14)15(22)21-13-5-11(7-17)8-19-9-13/h3-6,8-9H,7H2,1-2H3,(H,21,22). The van der Waals surface area contributed by atoms with E-state index in [-0.39, 0.29) is 5.91 Å². The fraction of sp³-hybridized carbons (Fsp3) is 0.250. The number of aromatic nitrogens is 2. The molecule has 1 amide bonds. The van der Waals surface area contributed by atoms with E-state index in [1.165, 1.54) is 6.20 Å². The summed E-state index contributed by atoms with van der Waals surface area (Å²) in [6.45, 7) is 3.53. The van der Waals surface area contributed by atoms with Crippen LogP contribution in [0.15, 0.2) is 36.8 Å². The number of halogens is 1. The summed E-state index contributed by atoms with van der Waals surface area (Å²) in [7, 11) is 0. The summed E-state index contributed by atoms with van der Waals surface area (Å²) >= 11 is 3.35. The summed E-state index contributed by atoms with van der Waals surface area (Å²) < 4.78 is 0. The lowest BCUT2D eigenvalue weighted by atomic mass is 9.90. The predicted octanol–water partition coefficient (Wildman–Crippen LogP) is 3.42. The van der Waals surface area contributed by atoms with E-state index in [9.17, 15) is 4.79 Å². The van der Waals surface area contributed by atoms with Crippen LogP contribution in [-0.4, -0.2) is 15.9 Å². The minimum atomic E-state index is -0.742. The third kappa shape index (κ3) is 3.68. The van der Waals surface area contributed by atoms with Crippen LogP contribution in [0, 0.1) is 11.3 Å². The van der Waals surface area contributed by atoms with Crippen molar-refractivity contribution in [2.45, 2.75) is 24.6 Å².